The fourth-order valence-corrected chi connectivity index (χ4v) is 0.742. The largest absolute Gasteiger partial charge is 0.398 e. The molecule has 0 aliphatic heterocycles. The van der Waals surface area contributed by atoms with Gasteiger partial charge in [-0.1, -0.05) is 6.07 Å². The number of hydrogen-bond acceptors (Lipinski definition) is 2. The van der Waals surface area contributed by atoms with E-state index >= 15 is 0 Å². The summed E-state index contributed by atoms with van der Waals surface area (Å²) in [5.41, 5.74) is 5.79. The molecule has 0 amide bonds. The zero-order valence-electron chi connectivity index (χ0n) is 5.75. The van der Waals surface area contributed by atoms with Crippen molar-refractivity contribution < 1.29 is 9.50 Å². The Bertz CT molecular complexity index is 222. The van der Waals surface area contributed by atoms with Gasteiger partial charge in [-0.2, -0.15) is 0 Å². The summed E-state index contributed by atoms with van der Waals surface area (Å²) in [6.45, 7) is -0.349. The number of hydrogen-bond donors (Lipinski definition) is 2. The Kier molecular flexibility index (Phi) is 3.85. The van der Waals surface area contributed by atoms with E-state index in [0.717, 1.165) is 0 Å². The molecule has 62 valence electrons. The van der Waals surface area contributed by atoms with Gasteiger partial charge >= 0.3 is 0 Å². The summed E-state index contributed by atoms with van der Waals surface area (Å²) in [7, 11) is 0. The highest BCUT2D eigenvalue weighted by Gasteiger charge is 2.02. The molecule has 0 saturated carbocycles. The van der Waals surface area contributed by atoms with Crippen LogP contribution in [0.3, 0.4) is 0 Å². The van der Waals surface area contributed by atoms with E-state index in [0.29, 0.717) is 5.69 Å². The van der Waals surface area contributed by atoms with E-state index in [1.165, 1.54) is 12.1 Å². The van der Waals surface area contributed by atoms with E-state index in [1.54, 1.807) is 6.07 Å². The van der Waals surface area contributed by atoms with E-state index in [9.17, 15) is 4.39 Å². The lowest BCUT2D eigenvalue weighted by Crippen LogP contribution is -1.96. The Labute approximate surface area is 70.2 Å². The quantitative estimate of drug-likeness (QED) is 0.636. The van der Waals surface area contributed by atoms with Crippen molar-refractivity contribution in [2.24, 2.45) is 0 Å². The second kappa shape index (κ2) is 4.16. The summed E-state index contributed by atoms with van der Waals surface area (Å²) in [6, 6.07) is 4.32. The van der Waals surface area contributed by atoms with Crippen LogP contribution in [0.1, 0.15) is 5.56 Å². The van der Waals surface area contributed by atoms with Crippen LogP contribution in [0.5, 0.6) is 0 Å². The summed E-state index contributed by atoms with van der Waals surface area (Å²) in [5.74, 6) is -0.456. The predicted octanol–water partition coefficient (Wildman–Crippen LogP) is 1.32. The van der Waals surface area contributed by atoms with Crippen molar-refractivity contribution in [3.8, 4) is 0 Å². The molecule has 0 aromatic heterocycles. The van der Waals surface area contributed by atoms with Crippen LogP contribution >= 0.6 is 12.4 Å². The van der Waals surface area contributed by atoms with E-state index < -0.39 is 5.82 Å². The van der Waals surface area contributed by atoms with Gasteiger partial charge in [0.25, 0.3) is 0 Å². The van der Waals surface area contributed by atoms with Crippen LogP contribution in [0.15, 0.2) is 18.2 Å². The van der Waals surface area contributed by atoms with Crippen molar-refractivity contribution in [2.75, 3.05) is 5.73 Å². The Morgan fingerprint density at radius 2 is 2.09 bits per heavy atom. The first kappa shape index (κ1) is 10.2. The molecule has 0 unspecified atom stereocenters. The summed E-state index contributed by atoms with van der Waals surface area (Å²) < 4.78 is 12.6. The Balaban J connectivity index is 0.000001000. The fourth-order valence-electron chi connectivity index (χ4n) is 0.742. The van der Waals surface area contributed by atoms with Crippen molar-refractivity contribution in [3.05, 3.63) is 29.6 Å². The lowest BCUT2D eigenvalue weighted by atomic mass is 10.2. The average molecular weight is 178 g/mol. The normalized spacial score (nSPS) is 8.91. The molecule has 0 aliphatic carbocycles. The van der Waals surface area contributed by atoms with Gasteiger partial charge < -0.3 is 10.8 Å². The number of aliphatic hydroxyl groups is 1. The molecule has 11 heavy (non-hydrogen) atoms. The topological polar surface area (TPSA) is 46.2 Å². The van der Waals surface area contributed by atoms with Gasteiger partial charge in [0.1, 0.15) is 5.82 Å². The number of nitrogen functional groups attached to an aromatic ring is 1. The van der Waals surface area contributed by atoms with Gasteiger partial charge in [-0.05, 0) is 12.1 Å². The maximum absolute atomic E-state index is 12.6. The van der Waals surface area contributed by atoms with Crippen LogP contribution in [-0.4, -0.2) is 5.11 Å². The van der Waals surface area contributed by atoms with Crippen LogP contribution in [-0.2, 0) is 6.61 Å². The predicted molar refractivity (Wildman–Crippen MR) is 44.0 cm³/mol. The Hall–Kier alpha value is -0.800. The summed E-state index contributed by atoms with van der Waals surface area (Å²) in [4.78, 5) is 0. The minimum absolute atomic E-state index is 0. The molecule has 2 nitrogen and oxygen atoms in total. The zero-order chi connectivity index (χ0) is 7.56. The standard InChI is InChI=1S/C7H8FNO.ClH/c8-6-2-1-3-7(9)5(6)4-10;/h1-3,10H,4,9H2;1H. The Morgan fingerprint density at radius 3 is 2.45 bits per heavy atom. The monoisotopic (exact) mass is 177 g/mol. The molecule has 0 fully saturated rings. The first-order chi connectivity index (χ1) is 4.75. The van der Waals surface area contributed by atoms with Crippen molar-refractivity contribution in [3.63, 3.8) is 0 Å². The molecule has 1 aromatic rings. The van der Waals surface area contributed by atoms with E-state index in [4.69, 9.17) is 10.8 Å². The molecule has 0 heterocycles. The number of aliphatic hydroxyl groups excluding tert-OH is 1. The third kappa shape index (κ3) is 2.06. The van der Waals surface area contributed by atoms with Crippen LogP contribution in [0.2, 0.25) is 0 Å². The van der Waals surface area contributed by atoms with E-state index in [1.807, 2.05) is 0 Å². The maximum atomic E-state index is 12.6. The van der Waals surface area contributed by atoms with Gasteiger partial charge in [-0.15, -0.1) is 12.4 Å². The third-order valence-corrected chi connectivity index (χ3v) is 1.31. The average Bonchev–Trinajstić information content (AvgIpc) is 1.88. The van der Waals surface area contributed by atoms with E-state index in [-0.39, 0.29) is 24.6 Å². The number of anilines is 1. The molecular weight excluding hydrogens is 169 g/mol. The second-order valence-corrected chi connectivity index (χ2v) is 1.97. The number of nitrogens with two attached hydrogens (primary N) is 1. The van der Waals surface area contributed by atoms with Crippen molar-refractivity contribution in [1.82, 2.24) is 0 Å². The van der Waals surface area contributed by atoms with Gasteiger partial charge in [-0.3, -0.25) is 0 Å². The highest BCUT2D eigenvalue weighted by molar-refractivity contribution is 5.85. The highest BCUT2D eigenvalue weighted by Crippen LogP contribution is 2.14. The van der Waals surface area contributed by atoms with Crippen LogP contribution < -0.4 is 5.73 Å². The molecule has 1 rings (SSSR count). The van der Waals surface area contributed by atoms with Crippen molar-refractivity contribution in [1.29, 1.82) is 0 Å². The van der Waals surface area contributed by atoms with Gasteiger partial charge in [0.2, 0.25) is 0 Å². The number of halogens is 2. The smallest absolute Gasteiger partial charge is 0.130 e. The lowest BCUT2D eigenvalue weighted by molar-refractivity contribution is 0.276. The minimum atomic E-state index is -0.456. The van der Waals surface area contributed by atoms with Crippen LogP contribution in [0.4, 0.5) is 10.1 Å². The summed E-state index contributed by atoms with van der Waals surface area (Å²) >= 11 is 0. The number of benzene rings is 1. The first-order valence-corrected chi connectivity index (χ1v) is 2.89. The SMILES string of the molecule is Cl.Nc1cccc(F)c1CO. The molecule has 0 aliphatic rings. The zero-order valence-corrected chi connectivity index (χ0v) is 6.57. The summed E-state index contributed by atoms with van der Waals surface area (Å²) in [5, 5.41) is 8.58. The van der Waals surface area contributed by atoms with Crippen molar-refractivity contribution >= 4 is 18.1 Å². The highest BCUT2D eigenvalue weighted by atomic mass is 35.5. The molecule has 1 aromatic carbocycles. The van der Waals surface area contributed by atoms with Crippen LogP contribution in [0, 0.1) is 5.82 Å². The molecule has 0 saturated heterocycles. The fraction of sp³-hybridized carbons (Fsp3) is 0.143. The Morgan fingerprint density at radius 1 is 1.45 bits per heavy atom. The second-order valence-electron chi connectivity index (χ2n) is 1.97. The minimum Gasteiger partial charge on any atom is -0.398 e. The third-order valence-electron chi connectivity index (χ3n) is 1.31. The lowest BCUT2D eigenvalue weighted by Gasteiger charge is -2.01. The summed E-state index contributed by atoms with van der Waals surface area (Å²) in [6.07, 6.45) is 0. The number of rotatable bonds is 1. The molecule has 3 N–H and O–H groups in total. The first-order valence-electron chi connectivity index (χ1n) is 2.89. The molecule has 0 spiro atoms. The van der Waals surface area contributed by atoms with Crippen molar-refractivity contribution in [2.45, 2.75) is 6.61 Å². The van der Waals surface area contributed by atoms with Crippen LogP contribution in [0.25, 0.3) is 0 Å². The van der Waals surface area contributed by atoms with Gasteiger partial charge in [0.15, 0.2) is 0 Å². The van der Waals surface area contributed by atoms with E-state index in [2.05, 4.69) is 0 Å². The van der Waals surface area contributed by atoms with Gasteiger partial charge in [-0.25, -0.2) is 4.39 Å². The molecule has 0 atom stereocenters. The van der Waals surface area contributed by atoms with Gasteiger partial charge in [0.05, 0.1) is 6.61 Å². The molecular formula is C7H9ClFNO. The maximum Gasteiger partial charge on any atom is 0.130 e. The molecule has 4 heteroatoms. The molecule has 0 radical (unpaired) electrons. The molecule has 0 bridgehead atoms. The van der Waals surface area contributed by atoms with Gasteiger partial charge in [0, 0.05) is 11.3 Å².